The number of nitrogens with two attached hydrogens (primary N) is 1. The zero-order valence-electron chi connectivity index (χ0n) is 17.8. The predicted octanol–water partition coefficient (Wildman–Crippen LogP) is 3.04. The lowest BCUT2D eigenvalue weighted by atomic mass is 9.83. The van der Waals surface area contributed by atoms with E-state index in [1.54, 1.807) is 26.0 Å². The third-order valence-corrected chi connectivity index (χ3v) is 5.10. The molecule has 0 amide bonds. The standard InChI is InChI=1S/C21H23BrN2O7/c1-6-29-21(26)16-10(2)31-19(24)13(9-23)17(16)12-7-14(22)18(15(8-12)27-4)30-11(3)20(25)28-5/h7-8,11,17H,6,24H2,1-5H3. The van der Waals surface area contributed by atoms with Crippen LogP contribution in [0.15, 0.2) is 39.4 Å². The van der Waals surface area contributed by atoms with Gasteiger partial charge >= 0.3 is 11.9 Å². The maximum absolute atomic E-state index is 12.7. The molecule has 2 rings (SSSR count). The molecule has 31 heavy (non-hydrogen) atoms. The van der Waals surface area contributed by atoms with E-state index in [-0.39, 0.29) is 40.9 Å². The lowest BCUT2D eigenvalue weighted by Gasteiger charge is -2.27. The predicted molar refractivity (Wildman–Crippen MR) is 113 cm³/mol. The number of nitriles is 1. The van der Waals surface area contributed by atoms with Crippen LogP contribution in [-0.2, 0) is 23.8 Å². The van der Waals surface area contributed by atoms with Gasteiger partial charge in [0.1, 0.15) is 17.4 Å². The Morgan fingerprint density at radius 2 is 2.03 bits per heavy atom. The van der Waals surface area contributed by atoms with Gasteiger partial charge in [0.05, 0.1) is 36.8 Å². The number of carbonyl (C=O) groups excluding carboxylic acids is 2. The summed E-state index contributed by atoms with van der Waals surface area (Å²) < 4.78 is 26.8. The number of hydrogen-bond acceptors (Lipinski definition) is 9. The Bertz CT molecular complexity index is 994. The molecule has 0 saturated heterocycles. The molecule has 0 aliphatic carbocycles. The number of methoxy groups -OCH3 is 2. The molecule has 0 saturated carbocycles. The Balaban J connectivity index is 2.64. The first-order valence-corrected chi connectivity index (χ1v) is 10.1. The summed E-state index contributed by atoms with van der Waals surface area (Å²) in [5.41, 5.74) is 6.64. The fourth-order valence-corrected chi connectivity index (χ4v) is 3.65. The van der Waals surface area contributed by atoms with Crippen molar-refractivity contribution >= 4 is 27.9 Å². The van der Waals surface area contributed by atoms with Gasteiger partial charge in [-0.3, -0.25) is 0 Å². The number of halogens is 1. The largest absolute Gasteiger partial charge is 0.493 e. The molecule has 166 valence electrons. The van der Waals surface area contributed by atoms with E-state index in [9.17, 15) is 14.9 Å². The summed E-state index contributed by atoms with van der Waals surface area (Å²) in [7, 11) is 2.68. The first-order valence-electron chi connectivity index (χ1n) is 9.27. The van der Waals surface area contributed by atoms with Crippen molar-refractivity contribution < 1.29 is 33.3 Å². The molecule has 1 aromatic carbocycles. The minimum atomic E-state index is -0.897. The smallest absolute Gasteiger partial charge is 0.346 e. The van der Waals surface area contributed by atoms with Crippen LogP contribution in [0.5, 0.6) is 11.5 Å². The zero-order chi connectivity index (χ0) is 23.3. The van der Waals surface area contributed by atoms with Gasteiger partial charge in [0, 0.05) is 0 Å². The lowest BCUT2D eigenvalue weighted by molar-refractivity contribution is -0.148. The fourth-order valence-electron chi connectivity index (χ4n) is 3.10. The van der Waals surface area contributed by atoms with Crippen LogP contribution in [0, 0.1) is 11.3 Å². The second-order valence-electron chi connectivity index (χ2n) is 6.43. The molecule has 2 unspecified atom stereocenters. The first kappa shape index (κ1) is 24.1. The van der Waals surface area contributed by atoms with Crippen LogP contribution in [-0.4, -0.2) is 38.9 Å². The molecular weight excluding hydrogens is 472 g/mol. The number of ether oxygens (including phenoxy) is 5. The van der Waals surface area contributed by atoms with E-state index in [0.29, 0.717) is 10.0 Å². The number of hydrogen-bond donors (Lipinski definition) is 1. The Hall–Kier alpha value is -3.19. The first-order chi connectivity index (χ1) is 14.7. The summed E-state index contributed by atoms with van der Waals surface area (Å²) in [5.74, 6) is -1.39. The van der Waals surface area contributed by atoms with Crippen LogP contribution >= 0.6 is 15.9 Å². The zero-order valence-corrected chi connectivity index (χ0v) is 19.4. The van der Waals surface area contributed by atoms with E-state index in [1.165, 1.54) is 21.1 Å². The molecule has 1 aliphatic heterocycles. The van der Waals surface area contributed by atoms with Gasteiger partial charge in [-0.15, -0.1) is 0 Å². The van der Waals surface area contributed by atoms with Gasteiger partial charge in [0.15, 0.2) is 17.6 Å². The average molecular weight is 495 g/mol. The molecule has 0 aromatic heterocycles. The second-order valence-corrected chi connectivity index (χ2v) is 7.29. The molecule has 10 heteroatoms. The van der Waals surface area contributed by atoms with Crippen molar-refractivity contribution in [2.75, 3.05) is 20.8 Å². The summed E-state index contributed by atoms with van der Waals surface area (Å²) in [6, 6.07) is 5.26. The molecule has 2 atom stereocenters. The van der Waals surface area contributed by atoms with Crippen molar-refractivity contribution in [1.29, 1.82) is 5.26 Å². The molecule has 1 aliphatic rings. The summed E-state index contributed by atoms with van der Waals surface area (Å²) >= 11 is 3.41. The van der Waals surface area contributed by atoms with Crippen LogP contribution in [0.4, 0.5) is 0 Å². The van der Waals surface area contributed by atoms with Crippen molar-refractivity contribution in [2.45, 2.75) is 32.8 Å². The quantitative estimate of drug-likeness (QED) is 0.567. The number of esters is 2. The van der Waals surface area contributed by atoms with Crippen LogP contribution in [0.25, 0.3) is 0 Å². The van der Waals surface area contributed by atoms with E-state index < -0.39 is 24.0 Å². The summed E-state index contributed by atoms with van der Waals surface area (Å²) in [6.07, 6.45) is -0.897. The molecular formula is C21H23BrN2O7. The maximum atomic E-state index is 12.7. The summed E-state index contributed by atoms with van der Waals surface area (Å²) in [5, 5.41) is 9.70. The number of carbonyl (C=O) groups is 2. The van der Waals surface area contributed by atoms with E-state index in [2.05, 4.69) is 20.7 Å². The molecule has 1 aromatic rings. The molecule has 0 bridgehead atoms. The van der Waals surface area contributed by atoms with Gasteiger partial charge in [-0.2, -0.15) is 5.26 Å². The topological polar surface area (TPSA) is 130 Å². The summed E-state index contributed by atoms with van der Waals surface area (Å²) in [4.78, 5) is 24.4. The van der Waals surface area contributed by atoms with Gasteiger partial charge in [-0.05, 0) is 54.4 Å². The van der Waals surface area contributed by atoms with E-state index >= 15 is 0 Å². The van der Waals surface area contributed by atoms with E-state index in [4.69, 9.17) is 24.7 Å². The fraction of sp³-hybridized carbons (Fsp3) is 0.381. The normalized spacial score (nSPS) is 16.7. The van der Waals surface area contributed by atoms with Crippen molar-refractivity contribution in [3.63, 3.8) is 0 Å². The molecule has 0 spiro atoms. The highest BCUT2D eigenvalue weighted by atomic mass is 79.9. The van der Waals surface area contributed by atoms with Crippen LogP contribution in [0.3, 0.4) is 0 Å². The van der Waals surface area contributed by atoms with Gasteiger partial charge in [0.2, 0.25) is 5.88 Å². The van der Waals surface area contributed by atoms with Gasteiger partial charge in [0.25, 0.3) is 0 Å². The average Bonchev–Trinajstić information content (AvgIpc) is 2.73. The molecule has 2 N–H and O–H groups in total. The number of allylic oxidation sites excluding steroid dienone is 2. The molecule has 9 nitrogen and oxygen atoms in total. The van der Waals surface area contributed by atoms with Gasteiger partial charge < -0.3 is 29.4 Å². The second kappa shape index (κ2) is 10.2. The van der Waals surface area contributed by atoms with Crippen molar-refractivity contribution in [3.8, 4) is 17.6 Å². The maximum Gasteiger partial charge on any atom is 0.346 e. The highest BCUT2D eigenvalue weighted by Crippen LogP contribution is 2.45. The van der Waals surface area contributed by atoms with Crippen LogP contribution in [0.2, 0.25) is 0 Å². The number of nitrogens with zero attached hydrogens (tertiary/aromatic N) is 1. The third kappa shape index (κ3) is 4.94. The van der Waals surface area contributed by atoms with Gasteiger partial charge in [-0.1, -0.05) is 0 Å². The van der Waals surface area contributed by atoms with Crippen LogP contribution < -0.4 is 15.2 Å². The minimum absolute atomic E-state index is 0.0548. The monoisotopic (exact) mass is 494 g/mol. The molecule has 1 heterocycles. The van der Waals surface area contributed by atoms with E-state index in [1.807, 2.05) is 6.07 Å². The highest BCUT2D eigenvalue weighted by molar-refractivity contribution is 9.10. The minimum Gasteiger partial charge on any atom is -0.493 e. The Labute approximate surface area is 188 Å². The van der Waals surface area contributed by atoms with Crippen molar-refractivity contribution in [1.82, 2.24) is 0 Å². The van der Waals surface area contributed by atoms with Crippen molar-refractivity contribution in [2.24, 2.45) is 5.73 Å². The van der Waals surface area contributed by atoms with Crippen molar-refractivity contribution in [3.05, 3.63) is 45.0 Å². The number of benzene rings is 1. The Kier molecular flexibility index (Phi) is 7.94. The van der Waals surface area contributed by atoms with Gasteiger partial charge in [-0.25, -0.2) is 9.59 Å². The Morgan fingerprint density at radius 3 is 2.58 bits per heavy atom. The highest BCUT2D eigenvalue weighted by Gasteiger charge is 2.37. The Morgan fingerprint density at radius 1 is 1.35 bits per heavy atom. The lowest BCUT2D eigenvalue weighted by Crippen LogP contribution is -2.26. The summed E-state index contributed by atoms with van der Waals surface area (Å²) in [6.45, 7) is 4.93. The SMILES string of the molecule is CCOC(=O)C1=C(C)OC(N)=C(C#N)C1c1cc(Br)c(OC(C)C(=O)OC)c(OC)c1. The van der Waals surface area contributed by atoms with Crippen LogP contribution in [0.1, 0.15) is 32.3 Å². The number of rotatable bonds is 7. The molecule has 0 fully saturated rings. The third-order valence-electron chi connectivity index (χ3n) is 4.51. The van der Waals surface area contributed by atoms with E-state index in [0.717, 1.165) is 0 Å². The molecule has 0 radical (unpaired) electrons.